The molecule has 0 aliphatic rings. The first-order chi connectivity index (χ1) is 44.0. The van der Waals surface area contributed by atoms with E-state index in [1.54, 1.807) is 31.3 Å². The number of nitrogens with zero attached hydrogens (tertiary/aromatic N) is 5. The third-order valence-electron chi connectivity index (χ3n) is 16.6. The minimum atomic E-state index is -2.10. The molecule has 5 heterocycles. The largest absolute Gasteiger partial charge is 0.212 e. The van der Waals surface area contributed by atoms with Crippen molar-refractivity contribution in [2.75, 3.05) is 0 Å². The van der Waals surface area contributed by atoms with Crippen LogP contribution in [0.15, 0.2) is 171 Å². The fraction of sp³-hybridized carbons (Fsp3) is 0.329. The number of hydrogen-bond acceptors (Lipinski definition) is 0. The standard InChI is InChI=1S/2C17H22N.3C16H20N/c2*1-6-15-11-18(5)17(10-13(15)3)16-8-7-12(2)9-14(16)4;2*1-5-14-7-9-16(17(4)11-14)15-8-6-12(2)10-13(15)3;1-5-14-11-17(4)16(10-13(14)3)15-9-7-6-8-12(15)2/h2*7-11H,6H2,1-5H3;3*6-11H,5H2,1-4H3/q5*+1/i6D2;;2D3,5D2;;. The maximum absolute atomic E-state index is 7.91. The lowest BCUT2D eigenvalue weighted by Gasteiger charge is -2.08. The highest BCUT2D eigenvalue weighted by Crippen LogP contribution is 2.27. The Labute approximate surface area is 536 Å². The second kappa shape index (κ2) is 31.5. The second-order valence-corrected chi connectivity index (χ2v) is 23.6. The Morgan fingerprint density at radius 3 is 0.977 bits per heavy atom. The zero-order valence-electron chi connectivity index (χ0n) is 63.5. The van der Waals surface area contributed by atoms with Gasteiger partial charge in [-0.1, -0.05) is 124 Å². The Hall–Kier alpha value is -8.15. The van der Waals surface area contributed by atoms with Crippen LogP contribution >= 0.6 is 0 Å². The van der Waals surface area contributed by atoms with E-state index in [1.165, 1.54) is 113 Å². The number of aromatic nitrogens is 5. The van der Waals surface area contributed by atoms with Crippen molar-refractivity contribution in [3.8, 4) is 56.3 Å². The Morgan fingerprint density at radius 2 is 0.621 bits per heavy atom. The van der Waals surface area contributed by atoms with Gasteiger partial charge in [-0.25, -0.2) is 22.8 Å². The first-order valence-corrected chi connectivity index (χ1v) is 30.9. The van der Waals surface area contributed by atoms with Gasteiger partial charge in [0.1, 0.15) is 35.2 Å². The number of hydrogen-bond donors (Lipinski definition) is 0. The summed E-state index contributed by atoms with van der Waals surface area (Å²) < 4.78 is 64.4. The van der Waals surface area contributed by atoms with Gasteiger partial charge in [0.05, 0.1) is 0 Å². The van der Waals surface area contributed by atoms with Crippen LogP contribution in [0.5, 0.6) is 0 Å². The molecule has 5 nitrogen and oxygen atoms in total. The van der Waals surface area contributed by atoms with Gasteiger partial charge in [-0.3, -0.25) is 0 Å². The molecular formula is C82H104N5+5. The van der Waals surface area contributed by atoms with E-state index in [1.807, 2.05) is 55.4 Å². The van der Waals surface area contributed by atoms with Crippen molar-refractivity contribution in [1.82, 2.24) is 0 Å². The number of aryl methyl sites for hydroxylation is 22. The maximum Gasteiger partial charge on any atom is 0.212 e. The van der Waals surface area contributed by atoms with E-state index in [9.17, 15) is 0 Å². The van der Waals surface area contributed by atoms with Crippen molar-refractivity contribution in [3.63, 3.8) is 0 Å². The van der Waals surface area contributed by atoms with E-state index < -0.39 is 19.6 Å². The Kier molecular flexibility index (Phi) is 21.0. The van der Waals surface area contributed by atoms with E-state index in [2.05, 4.69) is 246 Å². The molecule has 0 spiro atoms. The lowest BCUT2D eigenvalue weighted by Crippen LogP contribution is -2.32. The fourth-order valence-corrected chi connectivity index (χ4v) is 11.5. The van der Waals surface area contributed by atoms with Crippen molar-refractivity contribution in [1.29, 1.82) is 0 Å². The van der Waals surface area contributed by atoms with Crippen LogP contribution in [0.1, 0.15) is 139 Å². The smallest absolute Gasteiger partial charge is 0.201 e. The van der Waals surface area contributed by atoms with Gasteiger partial charge in [-0.2, -0.15) is 0 Å². The van der Waals surface area contributed by atoms with Gasteiger partial charge in [-0.05, 0) is 202 Å². The Bertz CT molecular complexity index is 4240. The van der Waals surface area contributed by atoms with E-state index in [4.69, 9.17) is 9.60 Å². The van der Waals surface area contributed by atoms with Crippen LogP contribution in [0.2, 0.25) is 0 Å². The predicted octanol–water partition coefficient (Wildman–Crippen LogP) is 17.4. The lowest BCUT2D eigenvalue weighted by atomic mass is 9.99. The zero-order valence-corrected chi connectivity index (χ0v) is 56.5. The van der Waals surface area contributed by atoms with E-state index in [0.717, 1.165) is 52.9 Å². The molecule has 0 aliphatic heterocycles. The molecule has 0 N–H and O–H groups in total. The summed E-state index contributed by atoms with van der Waals surface area (Å²) in [5, 5.41) is 0. The van der Waals surface area contributed by atoms with Crippen LogP contribution in [0.25, 0.3) is 56.3 Å². The first-order valence-electron chi connectivity index (χ1n) is 34.4. The molecule has 10 aromatic rings. The average molecular weight is 1170 g/mol. The van der Waals surface area contributed by atoms with Crippen molar-refractivity contribution >= 4 is 0 Å². The van der Waals surface area contributed by atoms with Gasteiger partial charge >= 0.3 is 0 Å². The molecule has 5 aromatic carbocycles. The molecule has 87 heavy (non-hydrogen) atoms. The van der Waals surface area contributed by atoms with Crippen molar-refractivity contribution in [3.05, 3.63) is 265 Å². The van der Waals surface area contributed by atoms with Crippen LogP contribution in [0, 0.1) is 83.0 Å². The first kappa shape index (κ1) is 57.9. The highest BCUT2D eigenvalue weighted by atomic mass is 14.9. The molecule has 0 bridgehead atoms. The molecule has 10 rings (SSSR count). The molecule has 0 unspecified atom stereocenters. The summed E-state index contributed by atoms with van der Waals surface area (Å²) in [7, 11) is 10.2. The average Bonchev–Trinajstić information content (AvgIpc) is 0.816. The van der Waals surface area contributed by atoms with Gasteiger partial charge in [0, 0.05) is 95.6 Å². The monoisotopic (exact) mass is 1170 g/mol. The van der Waals surface area contributed by atoms with E-state index >= 15 is 0 Å². The highest BCUT2D eigenvalue weighted by Gasteiger charge is 2.19. The number of rotatable bonds is 10. The zero-order chi connectivity index (χ0) is 69.9. The predicted molar refractivity (Wildman–Crippen MR) is 369 cm³/mol. The summed E-state index contributed by atoms with van der Waals surface area (Å²) in [5.74, 6) is 0. The van der Waals surface area contributed by atoms with Crippen molar-refractivity contribution in [2.24, 2.45) is 35.2 Å². The lowest BCUT2D eigenvalue weighted by molar-refractivity contribution is -0.661. The number of benzene rings is 5. The van der Waals surface area contributed by atoms with Crippen LogP contribution < -0.4 is 22.8 Å². The molecule has 0 fully saturated rings. The van der Waals surface area contributed by atoms with Gasteiger partial charge in [0.2, 0.25) is 28.5 Å². The Balaban J connectivity index is 0.000000187. The molecule has 0 aliphatic carbocycles. The van der Waals surface area contributed by atoms with Crippen molar-refractivity contribution < 1.29 is 32.4 Å². The van der Waals surface area contributed by atoms with Gasteiger partial charge in [0.25, 0.3) is 0 Å². The van der Waals surface area contributed by atoms with Crippen LogP contribution in [-0.4, -0.2) is 0 Å². The quantitative estimate of drug-likeness (QED) is 0.122. The van der Waals surface area contributed by atoms with Gasteiger partial charge < -0.3 is 0 Å². The molecule has 0 radical (unpaired) electrons. The molecule has 0 saturated carbocycles. The molecule has 452 valence electrons. The third-order valence-corrected chi connectivity index (χ3v) is 16.6. The second-order valence-electron chi connectivity index (χ2n) is 23.6. The van der Waals surface area contributed by atoms with Crippen molar-refractivity contribution in [2.45, 2.75) is 150 Å². The minimum Gasteiger partial charge on any atom is -0.201 e. The molecule has 0 amide bonds. The molecular weight excluding hydrogens is 1050 g/mol. The van der Waals surface area contributed by atoms with E-state index in [0.29, 0.717) is 11.1 Å². The van der Waals surface area contributed by atoms with Gasteiger partial charge in [-0.15, -0.1) is 0 Å². The molecule has 0 atom stereocenters. The topological polar surface area (TPSA) is 19.4 Å². The molecule has 5 heteroatoms. The van der Waals surface area contributed by atoms with Gasteiger partial charge in [0.15, 0.2) is 31.0 Å². The third kappa shape index (κ3) is 17.7. The fourth-order valence-electron chi connectivity index (χ4n) is 11.5. The summed E-state index contributed by atoms with van der Waals surface area (Å²) in [5.41, 5.74) is 31.7. The number of pyridine rings is 5. The maximum atomic E-state index is 7.91. The SMILES string of the molecule is CCc1c[n+](C)c(-c2ccc(C)cc2C)cc1C.CCc1c[n+](C)c(-c2ccccc2C)cc1C.CCc1ccc(-c2ccc(C)cc2C)[n+](C)c1.[2H]C([2H])(C)c1c[n+](C)c(-c2ccc(C)cc2C)cc1C.[2H]C([2H])([2H])c1ccc(-c2ccc(C([2H])([2H])C)c[n+]2C)c(C)c1. The van der Waals surface area contributed by atoms with Crippen LogP contribution in [0.3, 0.4) is 0 Å². The summed E-state index contributed by atoms with van der Waals surface area (Å²) in [6.07, 6.45) is 11.0. The summed E-state index contributed by atoms with van der Waals surface area (Å²) in [6, 6.07) is 48.1. The summed E-state index contributed by atoms with van der Waals surface area (Å²) in [4.78, 5) is 0. The highest BCUT2D eigenvalue weighted by molar-refractivity contribution is 5.65. The van der Waals surface area contributed by atoms with Crippen LogP contribution in [-0.2, 0) is 67.2 Å². The van der Waals surface area contributed by atoms with E-state index in [-0.39, 0.29) is 0 Å². The molecule has 0 saturated heterocycles. The molecule has 5 aromatic heterocycles. The normalized spacial score (nSPS) is 12.3. The Morgan fingerprint density at radius 1 is 0.287 bits per heavy atom. The van der Waals surface area contributed by atoms with Crippen LogP contribution in [0.4, 0.5) is 0 Å². The summed E-state index contributed by atoms with van der Waals surface area (Å²) >= 11 is 0. The minimum absolute atomic E-state index is 0.331. The summed E-state index contributed by atoms with van der Waals surface area (Å²) in [6.45, 7) is 30.9.